The molecule has 0 radical (unpaired) electrons. The van der Waals surface area contributed by atoms with Gasteiger partial charge in [0, 0.05) is 31.6 Å². The number of amides is 1. The van der Waals surface area contributed by atoms with E-state index in [9.17, 15) is 4.79 Å². The van der Waals surface area contributed by atoms with Gasteiger partial charge in [-0.1, -0.05) is 30.3 Å². The standard InChI is InChI=1S/C15H21N3O2/c16-18-8-6-15(7-9-18)11-17(12-15)14(19)20-10-13-4-2-1-3-5-13/h1-5H,6-12,16H2. The summed E-state index contributed by atoms with van der Waals surface area (Å²) >= 11 is 0. The van der Waals surface area contributed by atoms with Crippen molar-refractivity contribution in [2.75, 3.05) is 26.2 Å². The summed E-state index contributed by atoms with van der Waals surface area (Å²) in [6.45, 7) is 3.82. The molecule has 1 aromatic carbocycles. The normalized spacial score (nSPS) is 21.6. The van der Waals surface area contributed by atoms with Crippen molar-refractivity contribution in [3.05, 3.63) is 35.9 Å². The van der Waals surface area contributed by atoms with Crippen LogP contribution in [0.5, 0.6) is 0 Å². The van der Waals surface area contributed by atoms with E-state index in [1.54, 1.807) is 4.90 Å². The number of benzene rings is 1. The molecule has 2 aliphatic rings. The molecular weight excluding hydrogens is 254 g/mol. The lowest BCUT2D eigenvalue weighted by molar-refractivity contribution is -0.0430. The van der Waals surface area contributed by atoms with Gasteiger partial charge in [-0.15, -0.1) is 0 Å². The number of likely N-dealkylation sites (tertiary alicyclic amines) is 1. The van der Waals surface area contributed by atoms with E-state index in [2.05, 4.69) is 0 Å². The van der Waals surface area contributed by atoms with Crippen LogP contribution in [0.1, 0.15) is 18.4 Å². The number of piperidine rings is 1. The van der Waals surface area contributed by atoms with E-state index >= 15 is 0 Å². The Morgan fingerprint density at radius 3 is 2.50 bits per heavy atom. The molecule has 2 saturated heterocycles. The summed E-state index contributed by atoms with van der Waals surface area (Å²) in [6.07, 6.45) is 1.95. The molecule has 1 amide bonds. The Labute approximate surface area is 119 Å². The van der Waals surface area contributed by atoms with Gasteiger partial charge >= 0.3 is 6.09 Å². The fourth-order valence-electron chi connectivity index (χ4n) is 3.02. The highest BCUT2D eigenvalue weighted by molar-refractivity contribution is 5.69. The van der Waals surface area contributed by atoms with Crippen LogP contribution in [0.25, 0.3) is 0 Å². The number of carbonyl (C=O) groups is 1. The molecule has 20 heavy (non-hydrogen) atoms. The predicted octanol–water partition coefficient (Wildman–Crippen LogP) is 1.59. The van der Waals surface area contributed by atoms with Gasteiger partial charge in [0.25, 0.3) is 0 Å². The van der Waals surface area contributed by atoms with Crippen LogP contribution in [0.3, 0.4) is 0 Å². The first-order valence-electron chi connectivity index (χ1n) is 7.12. The number of hydrazine groups is 1. The van der Waals surface area contributed by atoms with Gasteiger partial charge in [0.15, 0.2) is 0 Å². The maximum absolute atomic E-state index is 12.0. The summed E-state index contributed by atoms with van der Waals surface area (Å²) in [5, 5.41) is 1.86. The topological polar surface area (TPSA) is 58.8 Å². The average Bonchev–Trinajstić information content (AvgIpc) is 2.45. The zero-order chi connectivity index (χ0) is 14.0. The van der Waals surface area contributed by atoms with Gasteiger partial charge in [-0.05, 0) is 18.4 Å². The number of hydrogen-bond donors (Lipinski definition) is 1. The number of carbonyl (C=O) groups excluding carboxylic acids is 1. The Bertz CT molecular complexity index is 461. The minimum absolute atomic E-state index is 0.199. The third-order valence-corrected chi connectivity index (χ3v) is 4.37. The Kier molecular flexibility index (Phi) is 3.63. The van der Waals surface area contributed by atoms with E-state index in [1.807, 2.05) is 35.3 Å². The van der Waals surface area contributed by atoms with Gasteiger partial charge in [0.1, 0.15) is 6.61 Å². The number of hydrogen-bond acceptors (Lipinski definition) is 4. The van der Waals surface area contributed by atoms with Crippen LogP contribution < -0.4 is 5.84 Å². The summed E-state index contributed by atoms with van der Waals surface area (Å²) in [5.74, 6) is 5.77. The smallest absolute Gasteiger partial charge is 0.410 e. The van der Waals surface area contributed by atoms with Crippen molar-refractivity contribution >= 4 is 6.09 Å². The molecule has 3 rings (SSSR count). The number of nitrogens with zero attached hydrogens (tertiary/aromatic N) is 2. The second-order valence-electron chi connectivity index (χ2n) is 5.93. The first-order chi connectivity index (χ1) is 9.67. The van der Waals surface area contributed by atoms with Crippen LogP contribution in [0.15, 0.2) is 30.3 Å². The van der Waals surface area contributed by atoms with Crippen LogP contribution in [0.2, 0.25) is 0 Å². The van der Waals surface area contributed by atoms with Crippen LogP contribution in [0.4, 0.5) is 4.79 Å². The number of ether oxygens (including phenoxy) is 1. The van der Waals surface area contributed by atoms with E-state index in [4.69, 9.17) is 10.6 Å². The van der Waals surface area contributed by atoms with Crippen molar-refractivity contribution in [1.82, 2.24) is 9.91 Å². The summed E-state index contributed by atoms with van der Waals surface area (Å²) in [7, 11) is 0. The number of nitrogens with two attached hydrogens (primary N) is 1. The quantitative estimate of drug-likeness (QED) is 0.833. The van der Waals surface area contributed by atoms with Crippen molar-refractivity contribution in [3.63, 3.8) is 0 Å². The zero-order valence-corrected chi connectivity index (χ0v) is 11.6. The summed E-state index contributed by atoms with van der Waals surface area (Å²) in [6, 6.07) is 9.77. The molecule has 0 aromatic heterocycles. The number of rotatable bonds is 2. The molecule has 5 nitrogen and oxygen atoms in total. The first kappa shape index (κ1) is 13.4. The average molecular weight is 275 g/mol. The summed E-state index contributed by atoms with van der Waals surface area (Å²) in [5.41, 5.74) is 1.31. The highest BCUT2D eigenvalue weighted by Crippen LogP contribution is 2.40. The molecule has 2 aliphatic heterocycles. The highest BCUT2D eigenvalue weighted by atomic mass is 16.6. The Morgan fingerprint density at radius 2 is 1.85 bits per heavy atom. The molecule has 0 aliphatic carbocycles. The minimum atomic E-state index is -0.199. The lowest BCUT2D eigenvalue weighted by atomic mass is 9.72. The van der Waals surface area contributed by atoms with Crippen molar-refractivity contribution < 1.29 is 9.53 Å². The summed E-state index contributed by atoms with van der Waals surface area (Å²) < 4.78 is 5.34. The van der Waals surface area contributed by atoms with E-state index in [0.29, 0.717) is 12.0 Å². The molecule has 0 atom stereocenters. The summed E-state index contributed by atoms with van der Waals surface area (Å²) in [4.78, 5) is 13.8. The molecule has 5 heteroatoms. The molecule has 2 N–H and O–H groups in total. The zero-order valence-electron chi connectivity index (χ0n) is 11.6. The Balaban J connectivity index is 1.44. The fraction of sp³-hybridized carbons (Fsp3) is 0.533. The Hall–Kier alpha value is -1.59. The van der Waals surface area contributed by atoms with Crippen LogP contribution in [-0.2, 0) is 11.3 Å². The maximum Gasteiger partial charge on any atom is 0.410 e. The molecule has 2 fully saturated rings. The van der Waals surface area contributed by atoms with E-state index < -0.39 is 0 Å². The van der Waals surface area contributed by atoms with Crippen molar-refractivity contribution in [1.29, 1.82) is 0 Å². The largest absolute Gasteiger partial charge is 0.445 e. The first-order valence-corrected chi connectivity index (χ1v) is 7.12. The molecule has 1 aromatic rings. The molecule has 1 spiro atoms. The van der Waals surface area contributed by atoms with E-state index in [-0.39, 0.29) is 6.09 Å². The van der Waals surface area contributed by atoms with Crippen molar-refractivity contribution in [3.8, 4) is 0 Å². The van der Waals surface area contributed by atoms with Gasteiger partial charge in [-0.25, -0.2) is 9.80 Å². The SMILES string of the molecule is NN1CCC2(CC1)CN(C(=O)OCc1ccccc1)C2. The molecular formula is C15H21N3O2. The molecule has 2 heterocycles. The lowest BCUT2D eigenvalue weighted by Gasteiger charge is -2.52. The van der Waals surface area contributed by atoms with E-state index in [1.165, 1.54) is 0 Å². The van der Waals surface area contributed by atoms with Crippen LogP contribution in [0, 0.1) is 5.41 Å². The lowest BCUT2D eigenvalue weighted by Crippen LogP contribution is -2.62. The third-order valence-electron chi connectivity index (χ3n) is 4.37. The fourth-order valence-corrected chi connectivity index (χ4v) is 3.02. The monoisotopic (exact) mass is 275 g/mol. The van der Waals surface area contributed by atoms with Gasteiger partial charge in [-0.2, -0.15) is 0 Å². The highest BCUT2D eigenvalue weighted by Gasteiger charge is 2.46. The molecule has 0 bridgehead atoms. The maximum atomic E-state index is 12.0. The van der Waals surface area contributed by atoms with Crippen LogP contribution >= 0.6 is 0 Å². The molecule has 0 saturated carbocycles. The van der Waals surface area contributed by atoms with Gasteiger partial charge in [0.05, 0.1) is 0 Å². The van der Waals surface area contributed by atoms with Crippen LogP contribution in [-0.4, -0.2) is 42.2 Å². The van der Waals surface area contributed by atoms with Gasteiger partial charge in [-0.3, -0.25) is 5.84 Å². The van der Waals surface area contributed by atoms with Gasteiger partial charge in [0.2, 0.25) is 0 Å². The van der Waals surface area contributed by atoms with Crippen molar-refractivity contribution in [2.45, 2.75) is 19.4 Å². The third kappa shape index (κ3) is 2.78. The second kappa shape index (κ2) is 5.42. The predicted molar refractivity (Wildman–Crippen MR) is 75.6 cm³/mol. The Morgan fingerprint density at radius 1 is 1.20 bits per heavy atom. The van der Waals surface area contributed by atoms with Crippen molar-refractivity contribution in [2.24, 2.45) is 11.3 Å². The van der Waals surface area contributed by atoms with Gasteiger partial charge < -0.3 is 9.64 Å². The molecule has 0 unspecified atom stereocenters. The molecule has 108 valence electrons. The minimum Gasteiger partial charge on any atom is -0.445 e. The van der Waals surface area contributed by atoms with E-state index in [0.717, 1.165) is 44.6 Å². The second-order valence-corrected chi connectivity index (χ2v) is 5.93.